The highest BCUT2D eigenvalue weighted by Crippen LogP contribution is 2.37. The quantitative estimate of drug-likeness (QED) is 0.551. The molecule has 0 spiro atoms. The second-order valence-electron chi connectivity index (χ2n) is 7.32. The molecule has 1 N–H and O–H groups in total. The van der Waals surface area contributed by atoms with Crippen LogP contribution in [0.2, 0.25) is 5.02 Å². The molecular formula is C25H21ClN2O3. The first-order valence-corrected chi connectivity index (χ1v) is 10.1. The van der Waals surface area contributed by atoms with E-state index in [9.17, 15) is 9.59 Å². The van der Waals surface area contributed by atoms with Gasteiger partial charge in [-0.05, 0) is 49.2 Å². The Bertz CT molecular complexity index is 1220. The van der Waals surface area contributed by atoms with Gasteiger partial charge in [0.25, 0.3) is 11.8 Å². The highest BCUT2D eigenvalue weighted by Gasteiger charge is 2.41. The number of carbonyl (C=O) groups excluding carboxylic acids is 2. The van der Waals surface area contributed by atoms with Gasteiger partial charge in [0.15, 0.2) is 0 Å². The maximum Gasteiger partial charge on any atom is 0.282 e. The molecule has 1 heterocycles. The zero-order valence-corrected chi connectivity index (χ0v) is 18.2. The molecule has 0 saturated heterocycles. The number of rotatable bonds is 5. The topological polar surface area (TPSA) is 58.6 Å². The van der Waals surface area contributed by atoms with Gasteiger partial charge in [-0.25, -0.2) is 4.90 Å². The normalized spacial score (nSPS) is 13.7. The minimum Gasteiger partial charge on any atom is -0.495 e. The smallest absolute Gasteiger partial charge is 0.282 e. The Kier molecular flexibility index (Phi) is 5.53. The molecule has 0 saturated carbocycles. The molecule has 3 aromatic carbocycles. The summed E-state index contributed by atoms with van der Waals surface area (Å²) in [5.41, 5.74) is 4.08. The number of carbonyl (C=O) groups is 2. The number of ether oxygens (including phenoxy) is 1. The van der Waals surface area contributed by atoms with Gasteiger partial charge in [0.1, 0.15) is 11.4 Å². The number of nitrogens with zero attached hydrogens (tertiary/aromatic N) is 1. The molecule has 4 rings (SSSR count). The highest BCUT2D eigenvalue weighted by molar-refractivity contribution is 6.46. The van der Waals surface area contributed by atoms with Crippen LogP contribution >= 0.6 is 11.6 Å². The zero-order chi connectivity index (χ0) is 22.1. The third kappa shape index (κ3) is 3.80. The Balaban J connectivity index is 1.87. The summed E-state index contributed by atoms with van der Waals surface area (Å²) in [6.07, 6.45) is 0. The van der Waals surface area contributed by atoms with Crippen molar-refractivity contribution in [3.8, 4) is 5.75 Å². The lowest BCUT2D eigenvalue weighted by atomic mass is 10.0. The average Bonchev–Trinajstić information content (AvgIpc) is 2.99. The van der Waals surface area contributed by atoms with E-state index in [1.165, 1.54) is 12.0 Å². The molecular weight excluding hydrogens is 412 g/mol. The van der Waals surface area contributed by atoms with Gasteiger partial charge in [-0.3, -0.25) is 9.59 Å². The van der Waals surface area contributed by atoms with Crippen LogP contribution in [-0.2, 0) is 9.59 Å². The van der Waals surface area contributed by atoms with Crippen LogP contribution in [0.3, 0.4) is 0 Å². The molecule has 6 heteroatoms. The number of hydrogen-bond acceptors (Lipinski definition) is 4. The van der Waals surface area contributed by atoms with E-state index in [2.05, 4.69) is 5.32 Å². The van der Waals surface area contributed by atoms with E-state index in [0.717, 1.165) is 11.1 Å². The third-order valence-electron chi connectivity index (χ3n) is 5.20. The number of aryl methyl sites for hydroxylation is 2. The first-order chi connectivity index (χ1) is 14.9. The van der Waals surface area contributed by atoms with E-state index in [4.69, 9.17) is 16.3 Å². The molecule has 0 atom stereocenters. The number of methoxy groups -OCH3 is 1. The van der Waals surface area contributed by atoms with Gasteiger partial charge in [-0.2, -0.15) is 0 Å². The summed E-state index contributed by atoms with van der Waals surface area (Å²) in [6.45, 7) is 3.84. The van der Waals surface area contributed by atoms with E-state index in [0.29, 0.717) is 33.3 Å². The van der Waals surface area contributed by atoms with Gasteiger partial charge in [0.05, 0.1) is 24.1 Å². The van der Waals surface area contributed by atoms with Gasteiger partial charge >= 0.3 is 0 Å². The van der Waals surface area contributed by atoms with Gasteiger partial charge in [-0.15, -0.1) is 0 Å². The lowest BCUT2D eigenvalue weighted by Gasteiger charge is -2.18. The third-order valence-corrected chi connectivity index (χ3v) is 5.44. The second-order valence-corrected chi connectivity index (χ2v) is 7.75. The van der Waals surface area contributed by atoms with E-state index in [-0.39, 0.29) is 11.6 Å². The molecule has 0 aromatic heterocycles. The lowest BCUT2D eigenvalue weighted by molar-refractivity contribution is -0.120. The lowest BCUT2D eigenvalue weighted by Crippen LogP contribution is -2.33. The van der Waals surface area contributed by atoms with Crippen molar-refractivity contribution in [2.24, 2.45) is 0 Å². The van der Waals surface area contributed by atoms with Crippen molar-refractivity contribution in [1.29, 1.82) is 0 Å². The van der Waals surface area contributed by atoms with Crippen LogP contribution in [0.1, 0.15) is 16.7 Å². The number of halogens is 1. The van der Waals surface area contributed by atoms with Crippen LogP contribution in [-0.4, -0.2) is 18.9 Å². The Labute approximate surface area is 185 Å². The molecule has 1 aliphatic heterocycles. The van der Waals surface area contributed by atoms with Gasteiger partial charge in [-0.1, -0.05) is 59.6 Å². The summed E-state index contributed by atoms with van der Waals surface area (Å²) in [4.78, 5) is 28.3. The van der Waals surface area contributed by atoms with E-state index in [1.54, 1.807) is 30.3 Å². The maximum absolute atomic E-state index is 13.5. The number of nitrogens with one attached hydrogen (secondary N) is 1. The van der Waals surface area contributed by atoms with Gasteiger partial charge < -0.3 is 10.1 Å². The number of para-hydroxylation sites is 1. The molecule has 0 unspecified atom stereocenters. The first kappa shape index (κ1) is 20.7. The minimum atomic E-state index is -0.433. The van der Waals surface area contributed by atoms with Crippen molar-refractivity contribution in [1.82, 2.24) is 0 Å². The van der Waals surface area contributed by atoms with Crippen molar-refractivity contribution in [3.05, 3.63) is 94.1 Å². The number of imide groups is 1. The molecule has 0 aliphatic carbocycles. The highest BCUT2D eigenvalue weighted by atomic mass is 35.5. The predicted octanol–water partition coefficient (Wildman–Crippen LogP) is 5.36. The number of hydrogen-bond donors (Lipinski definition) is 1. The predicted molar refractivity (Wildman–Crippen MR) is 123 cm³/mol. The van der Waals surface area contributed by atoms with Crippen LogP contribution in [0.5, 0.6) is 5.75 Å². The Morgan fingerprint density at radius 1 is 0.903 bits per heavy atom. The maximum atomic E-state index is 13.5. The Hall–Kier alpha value is -3.57. The molecule has 0 bridgehead atoms. The van der Waals surface area contributed by atoms with Gasteiger partial charge in [0.2, 0.25) is 0 Å². The van der Waals surface area contributed by atoms with Crippen LogP contribution in [0.15, 0.2) is 72.4 Å². The summed E-state index contributed by atoms with van der Waals surface area (Å²) in [6, 6.07) is 19.9. The molecule has 2 amide bonds. The Morgan fingerprint density at radius 2 is 1.61 bits per heavy atom. The molecule has 0 fully saturated rings. The monoisotopic (exact) mass is 432 g/mol. The number of amides is 2. The van der Waals surface area contributed by atoms with Crippen molar-refractivity contribution >= 4 is 40.4 Å². The SMILES string of the molecule is COc1ccc(Cl)cc1NC1=C(c2ccc(C)cc2)C(=O)N(c2ccccc2C)C1=O. The fraction of sp³-hybridized carbons (Fsp3) is 0.120. The van der Waals surface area contributed by atoms with Crippen LogP contribution in [0.25, 0.3) is 5.57 Å². The number of anilines is 2. The average molecular weight is 433 g/mol. The second kappa shape index (κ2) is 8.28. The number of benzene rings is 3. The fourth-order valence-corrected chi connectivity index (χ4v) is 3.75. The van der Waals surface area contributed by atoms with Crippen molar-refractivity contribution in [2.45, 2.75) is 13.8 Å². The Morgan fingerprint density at radius 3 is 2.29 bits per heavy atom. The van der Waals surface area contributed by atoms with Crippen LogP contribution in [0.4, 0.5) is 11.4 Å². The largest absolute Gasteiger partial charge is 0.495 e. The molecule has 5 nitrogen and oxygen atoms in total. The summed E-state index contributed by atoms with van der Waals surface area (Å²) >= 11 is 6.17. The molecule has 156 valence electrons. The van der Waals surface area contributed by atoms with Crippen molar-refractivity contribution < 1.29 is 14.3 Å². The summed E-state index contributed by atoms with van der Waals surface area (Å²) < 4.78 is 5.41. The van der Waals surface area contributed by atoms with E-state index < -0.39 is 5.91 Å². The van der Waals surface area contributed by atoms with E-state index in [1.807, 2.05) is 50.2 Å². The van der Waals surface area contributed by atoms with Crippen molar-refractivity contribution in [2.75, 3.05) is 17.3 Å². The molecule has 3 aromatic rings. The summed E-state index contributed by atoms with van der Waals surface area (Å²) in [5, 5.41) is 3.60. The molecule has 0 radical (unpaired) electrons. The summed E-state index contributed by atoms with van der Waals surface area (Å²) in [7, 11) is 1.53. The molecule has 1 aliphatic rings. The van der Waals surface area contributed by atoms with Crippen LogP contribution in [0, 0.1) is 13.8 Å². The standard InChI is InChI=1S/C25H21ClN2O3/c1-15-8-10-17(11-9-15)22-23(27-19-14-18(26)12-13-21(19)31-3)25(30)28(24(22)29)20-7-5-4-6-16(20)2/h4-14,27H,1-3H3. The van der Waals surface area contributed by atoms with E-state index >= 15 is 0 Å². The zero-order valence-electron chi connectivity index (χ0n) is 17.4. The fourth-order valence-electron chi connectivity index (χ4n) is 3.58. The van der Waals surface area contributed by atoms with Crippen molar-refractivity contribution in [3.63, 3.8) is 0 Å². The minimum absolute atomic E-state index is 0.178. The summed E-state index contributed by atoms with van der Waals surface area (Å²) in [5.74, 6) is -0.307. The molecule has 31 heavy (non-hydrogen) atoms. The van der Waals surface area contributed by atoms with Gasteiger partial charge in [0, 0.05) is 5.02 Å². The van der Waals surface area contributed by atoms with Crippen LogP contribution < -0.4 is 15.0 Å². The first-order valence-electron chi connectivity index (χ1n) is 9.77.